The first-order chi connectivity index (χ1) is 32.8. The fraction of sp³-hybridized carbons (Fsp3) is 0.727. The third-order valence-corrected chi connectivity index (χ3v) is 11.0. The van der Waals surface area contributed by atoms with Crippen LogP contribution in [0.15, 0.2) is 12.2 Å². The van der Waals surface area contributed by atoms with Gasteiger partial charge in [0.1, 0.15) is 36.3 Å². The normalized spacial score (nSPS) is 17.8. The number of unbranched alkanes of at least 4 members (excludes halogenated alkanes) is 9. The minimum Gasteiger partial charge on any atom is -0.480 e. The van der Waals surface area contributed by atoms with Gasteiger partial charge >= 0.3 is 5.97 Å². The number of aliphatic carboxylic acids is 1. The summed E-state index contributed by atoms with van der Waals surface area (Å²) in [6.45, 7) is 1.26. The number of rotatable bonds is 33. The number of carbonyl (C=O) groups is 10. The van der Waals surface area contributed by atoms with Crippen molar-refractivity contribution >= 4 is 59.1 Å². The van der Waals surface area contributed by atoms with E-state index in [4.69, 9.17) is 0 Å². The highest BCUT2D eigenvalue weighted by Crippen LogP contribution is 2.11. The molecule has 1 saturated heterocycles. The molecule has 25 nitrogen and oxygen atoms in total. The van der Waals surface area contributed by atoms with Crippen LogP contribution in [0.4, 0.5) is 0 Å². The number of allylic oxidation sites excluding steroid dienone is 2. The average molecular weight is 986 g/mol. The Morgan fingerprint density at radius 2 is 1.14 bits per heavy atom. The van der Waals surface area contributed by atoms with Gasteiger partial charge in [0.15, 0.2) is 6.10 Å². The topological polar surface area (TPSA) is 383 Å². The summed E-state index contributed by atoms with van der Waals surface area (Å²) in [5, 5.41) is 76.4. The third kappa shape index (κ3) is 24.9. The molecule has 0 aromatic heterocycles. The molecule has 1 aliphatic rings. The summed E-state index contributed by atoms with van der Waals surface area (Å²) in [5.74, 6) is -10.3. The van der Waals surface area contributed by atoms with Crippen molar-refractivity contribution in [3.63, 3.8) is 0 Å². The SMILES string of the molecule is CCCCCCCC/C=C\CCCCCC(=O)N[C@H]1C(=O)N[C@H](C(=O)N[C@H](CO)C(=O)N[C@@H](CCCN(O)C(C)=O)C(=O)N[C@@H](CO)C(=O)N[C@H](CCCN(O)C(C)=O)C(=O)O)CCNC(=O)[C@H]1O. The van der Waals surface area contributed by atoms with Gasteiger partial charge in [0.2, 0.25) is 47.3 Å². The van der Waals surface area contributed by atoms with Crippen LogP contribution in [-0.4, -0.2) is 175 Å². The monoisotopic (exact) mass is 986 g/mol. The first-order valence-electron chi connectivity index (χ1n) is 23.6. The Labute approximate surface area is 401 Å². The summed E-state index contributed by atoms with van der Waals surface area (Å²) in [6, 6.07) is -10.2. The van der Waals surface area contributed by atoms with Crippen molar-refractivity contribution in [2.45, 2.75) is 172 Å². The lowest BCUT2D eigenvalue weighted by Crippen LogP contribution is -2.61. The molecule has 0 aromatic rings. The molecule has 0 bridgehead atoms. The van der Waals surface area contributed by atoms with E-state index >= 15 is 0 Å². The molecule has 0 saturated carbocycles. The maximum Gasteiger partial charge on any atom is 0.326 e. The van der Waals surface area contributed by atoms with E-state index in [1.54, 1.807) is 0 Å². The zero-order valence-electron chi connectivity index (χ0n) is 39.9. The van der Waals surface area contributed by atoms with Crippen LogP contribution in [0.3, 0.4) is 0 Å². The number of amides is 9. The molecule has 0 unspecified atom stereocenters. The summed E-state index contributed by atoms with van der Waals surface area (Å²) in [4.78, 5) is 127. The van der Waals surface area contributed by atoms with E-state index in [2.05, 4.69) is 56.3 Å². The second-order valence-corrected chi connectivity index (χ2v) is 16.8. The summed E-state index contributed by atoms with van der Waals surface area (Å²) in [7, 11) is 0. The zero-order chi connectivity index (χ0) is 51.9. The number of carboxylic acid groups (broad SMARTS) is 1. The van der Waals surface area contributed by atoms with E-state index in [9.17, 15) is 78.8 Å². The number of aliphatic hydroxyl groups is 3. The maximum absolute atomic E-state index is 13.5. The molecule has 1 rings (SSSR count). The Hall–Kier alpha value is -5.76. The molecule has 0 aromatic carbocycles. The average Bonchev–Trinajstić information content (AvgIpc) is 3.35. The highest BCUT2D eigenvalue weighted by molar-refractivity contribution is 5.99. The standard InChI is InChI=1S/C44H75N9O16/c1-4-5-6-7-8-9-10-11-12-13-14-15-16-21-35(58)51-36-37(59)43(65)45-23-22-31(47-42(36)64)39(61)50-33(26-54)40(62)46-30(19-17-24-52(68)28(2)56)38(60)49-34(27-55)41(63)48-32(44(66)67)20-18-25-53(69)29(3)57/h11-12,30-34,36-37,54-55,59,68-69H,4-10,13-27H2,1-3H3,(H,45,65)(H,46,62)(H,47,64)(H,48,63)(H,49,60)(H,50,61)(H,51,58)(H,66,67)/b12-11-/t30-,31-,32+,33+,34-,36+,37-/m0/s1. The van der Waals surface area contributed by atoms with Crippen LogP contribution in [0.2, 0.25) is 0 Å². The van der Waals surface area contributed by atoms with Crippen LogP contribution >= 0.6 is 0 Å². The first kappa shape index (κ1) is 61.3. The lowest BCUT2D eigenvalue weighted by atomic mass is 10.1. The van der Waals surface area contributed by atoms with Crippen LogP contribution < -0.4 is 37.2 Å². The fourth-order valence-electron chi connectivity index (χ4n) is 6.87. The maximum atomic E-state index is 13.5. The molecule has 1 aliphatic heterocycles. The number of nitrogens with one attached hydrogen (secondary N) is 7. The molecule has 7 atom stereocenters. The van der Waals surface area contributed by atoms with Crippen LogP contribution in [0.25, 0.3) is 0 Å². The number of carboxylic acids is 1. The molecule has 392 valence electrons. The zero-order valence-corrected chi connectivity index (χ0v) is 39.9. The Morgan fingerprint density at radius 3 is 1.68 bits per heavy atom. The molecule has 13 N–H and O–H groups in total. The van der Waals surface area contributed by atoms with Crippen LogP contribution in [0.5, 0.6) is 0 Å². The van der Waals surface area contributed by atoms with Gasteiger partial charge in [0.05, 0.1) is 13.2 Å². The van der Waals surface area contributed by atoms with Gasteiger partial charge in [0, 0.05) is 39.9 Å². The Kier molecular flexibility index (Phi) is 30.6. The molecule has 1 fully saturated rings. The van der Waals surface area contributed by atoms with Crippen molar-refractivity contribution in [2.24, 2.45) is 0 Å². The number of hydrogen-bond acceptors (Lipinski definition) is 15. The van der Waals surface area contributed by atoms with Gasteiger partial charge in [-0.05, 0) is 64.2 Å². The molecule has 0 spiro atoms. The van der Waals surface area contributed by atoms with Gasteiger partial charge in [-0.2, -0.15) is 0 Å². The molecule has 69 heavy (non-hydrogen) atoms. The number of nitrogens with zero attached hydrogens (tertiary/aromatic N) is 2. The Morgan fingerprint density at radius 1 is 0.667 bits per heavy atom. The highest BCUT2D eigenvalue weighted by Gasteiger charge is 2.38. The van der Waals surface area contributed by atoms with Gasteiger partial charge < -0.3 is 57.6 Å². The molecular weight excluding hydrogens is 911 g/mol. The predicted octanol–water partition coefficient (Wildman–Crippen LogP) is -1.86. The number of hydroxylamine groups is 4. The highest BCUT2D eigenvalue weighted by atomic mass is 16.5. The van der Waals surface area contributed by atoms with Crippen LogP contribution in [0.1, 0.15) is 130 Å². The van der Waals surface area contributed by atoms with Crippen molar-refractivity contribution in [1.82, 2.24) is 47.3 Å². The van der Waals surface area contributed by atoms with Crippen molar-refractivity contribution in [1.29, 1.82) is 0 Å². The Bertz CT molecular complexity index is 1720. The fourth-order valence-corrected chi connectivity index (χ4v) is 6.87. The van der Waals surface area contributed by atoms with Gasteiger partial charge in [-0.25, -0.2) is 14.9 Å². The Balaban J connectivity index is 3.00. The minimum absolute atomic E-state index is 0.0148. The smallest absolute Gasteiger partial charge is 0.326 e. The van der Waals surface area contributed by atoms with Gasteiger partial charge in [-0.3, -0.25) is 53.6 Å². The van der Waals surface area contributed by atoms with E-state index in [0.717, 1.165) is 39.5 Å². The van der Waals surface area contributed by atoms with Crippen molar-refractivity contribution < 1.29 is 78.8 Å². The van der Waals surface area contributed by atoms with E-state index in [-0.39, 0.29) is 58.2 Å². The molecule has 0 aliphatic carbocycles. The van der Waals surface area contributed by atoms with Crippen LogP contribution in [0, 0.1) is 0 Å². The predicted molar refractivity (Wildman–Crippen MR) is 244 cm³/mol. The largest absolute Gasteiger partial charge is 0.480 e. The molecule has 9 amide bonds. The molecule has 0 radical (unpaired) electrons. The molecule has 25 heteroatoms. The third-order valence-electron chi connectivity index (χ3n) is 11.0. The van der Waals surface area contributed by atoms with E-state index in [1.807, 2.05) is 0 Å². The summed E-state index contributed by atoms with van der Waals surface area (Å²) in [6.07, 6.45) is 12.2. The molecular formula is C44H75N9O16. The minimum atomic E-state index is -2.04. The lowest BCUT2D eigenvalue weighted by molar-refractivity contribution is -0.163. The van der Waals surface area contributed by atoms with Crippen LogP contribution in [-0.2, 0) is 47.9 Å². The summed E-state index contributed by atoms with van der Waals surface area (Å²) >= 11 is 0. The van der Waals surface area contributed by atoms with Crippen molar-refractivity contribution in [3.05, 3.63) is 12.2 Å². The van der Waals surface area contributed by atoms with Crippen molar-refractivity contribution in [3.8, 4) is 0 Å². The first-order valence-corrected chi connectivity index (χ1v) is 23.6. The number of aliphatic hydroxyl groups excluding tert-OH is 3. The van der Waals surface area contributed by atoms with Gasteiger partial charge in [-0.1, -0.05) is 57.6 Å². The second kappa shape index (κ2) is 34.5. The van der Waals surface area contributed by atoms with E-state index in [0.29, 0.717) is 23.0 Å². The summed E-state index contributed by atoms with van der Waals surface area (Å²) < 4.78 is 0. The number of carbonyl (C=O) groups excluding carboxylic acids is 9. The van der Waals surface area contributed by atoms with E-state index < -0.39 is 115 Å². The summed E-state index contributed by atoms with van der Waals surface area (Å²) in [5.41, 5.74) is 0. The van der Waals surface area contributed by atoms with Gasteiger partial charge in [0.25, 0.3) is 5.91 Å². The van der Waals surface area contributed by atoms with Crippen molar-refractivity contribution in [2.75, 3.05) is 32.8 Å². The van der Waals surface area contributed by atoms with E-state index in [1.165, 1.54) is 32.1 Å². The van der Waals surface area contributed by atoms with Gasteiger partial charge in [-0.15, -0.1) is 0 Å². The molecule has 1 heterocycles. The second-order valence-electron chi connectivity index (χ2n) is 16.8. The lowest BCUT2D eigenvalue weighted by Gasteiger charge is -2.26. The quantitative estimate of drug-likeness (QED) is 0.0148. The number of hydrogen-bond donors (Lipinski definition) is 13.